The van der Waals surface area contributed by atoms with Crippen LogP contribution >= 0.6 is 0 Å². The van der Waals surface area contributed by atoms with Crippen LogP contribution in [0.25, 0.3) is 0 Å². The SMILES string of the molecule is COC1=NC=CCC1C. The lowest BCUT2D eigenvalue weighted by molar-refractivity contribution is 0.368. The molecule has 2 nitrogen and oxygen atoms in total. The summed E-state index contributed by atoms with van der Waals surface area (Å²) in [5.41, 5.74) is 0. The number of ether oxygens (including phenoxy) is 1. The molecule has 0 aromatic carbocycles. The Labute approximate surface area is 55.2 Å². The van der Waals surface area contributed by atoms with E-state index in [1.165, 1.54) is 0 Å². The van der Waals surface area contributed by atoms with Gasteiger partial charge in [0, 0.05) is 12.1 Å². The van der Waals surface area contributed by atoms with Crippen molar-refractivity contribution >= 4 is 5.90 Å². The Balaban J connectivity index is 2.63. The molecule has 0 saturated carbocycles. The first-order valence-electron chi connectivity index (χ1n) is 3.11. The molecule has 0 bridgehead atoms. The number of rotatable bonds is 0. The molecule has 2 heteroatoms. The molecular formula is C7H11NO. The van der Waals surface area contributed by atoms with Crippen molar-refractivity contribution in [3.05, 3.63) is 12.3 Å². The second kappa shape index (κ2) is 2.67. The highest BCUT2D eigenvalue weighted by Gasteiger charge is 2.10. The van der Waals surface area contributed by atoms with Gasteiger partial charge in [-0.25, -0.2) is 4.99 Å². The maximum atomic E-state index is 5.00. The predicted molar refractivity (Wildman–Crippen MR) is 37.4 cm³/mol. The van der Waals surface area contributed by atoms with E-state index in [1.54, 1.807) is 13.3 Å². The van der Waals surface area contributed by atoms with Crippen LogP contribution in [-0.4, -0.2) is 13.0 Å². The van der Waals surface area contributed by atoms with Gasteiger partial charge in [0.1, 0.15) is 0 Å². The van der Waals surface area contributed by atoms with Crippen molar-refractivity contribution in [2.75, 3.05) is 7.11 Å². The van der Waals surface area contributed by atoms with Crippen molar-refractivity contribution in [3.63, 3.8) is 0 Å². The molecule has 9 heavy (non-hydrogen) atoms. The van der Waals surface area contributed by atoms with Gasteiger partial charge in [-0.3, -0.25) is 0 Å². The number of allylic oxidation sites excluding steroid dienone is 1. The molecule has 0 aliphatic carbocycles. The lowest BCUT2D eigenvalue weighted by atomic mass is 10.1. The van der Waals surface area contributed by atoms with Gasteiger partial charge in [-0.1, -0.05) is 13.0 Å². The summed E-state index contributed by atoms with van der Waals surface area (Å²) in [6.45, 7) is 2.10. The van der Waals surface area contributed by atoms with Gasteiger partial charge >= 0.3 is 0 Å². The van der Waals surface area contributed by atoms with Gasteiger partial charge in [-0.2, -0.15) is 0 Å². The first-order chi connectivity index (χ1) is 4.34. The smallest absolute Gasteiger partial charge is 0.190 e. The van der Waals surface area contributed by atoms with Crippen molar-refractivity contribution < 1.29 is 4.74 Å². The Morgan fingerprint density at radius 3 is 3.00 bits per heavy atom. The number of nitrogens with zero attached hydrogens (tertiary/aromatic N) is 1. The lowest BCUT2D eigenvalue weighted by Gasteiger charge is -2.12. The normalized spacial score (nSPS) is 25.6. The fourth-order valence-corrected chi connectivity index (χ4v) is 0.873. The minimum absolute atomic E-state index is 0.458. The van der Waals surface area contributed by atoms with Gasteiger partial charge in [-0.15, -0.1) is 0 Å². The molecule has 1 aliphatic rings. The molecule has 0 N–H and O–H groups in total. The van der Waals surface area contributed by atoms with Gasteiger partial charge in [0.15, 0.2) is 5.90 Å². The summed E-state index contributed by atoms with van der Waals surface area (Å²) >= 11 is 0. The Bertz CT molecular complexity index is 149. The molecule has 1 heterocycles. The minimum Gasteiger partial charge on any atom is -0.484 e. The van der Waals surface area contributed by atoms with Crippen LogP contribution in [0.1, 0.15) is 13.3 Å². The van der Waals surface area contributed by atoms with E-state index < -0.39 is 0 Å². The molecule has 0 saturated heterocycles. The number of methoxy groups -OCH3 is 1. The van der Waals surface area contributed by atoms with Crippen molar-refractivity contribution in [2.24, 2.45) is 10.9 Å². The largest absolute Gasteiger partial charge is 0.484 e. The van der Waals surface area contributed by atoms with Crippen LogP contribution in [0, 0.1) is 5.92 Å². The van der Waals surface area contributed by atoms with E-state index >= 15 is 0 Å². The van der Waals surface area contributed by atoms with Crippen LogP contribution in [0.2, 0.25) is 0 Å². The van der Waals surface area contributed by atoms with E-state index in [0.717, 1.165) is 12.3 Å². The molecule has 1 atom stereocenters. The van der Waals surface area contributed by atoms with Crippen molar-refractivity contribution in [2.45, 2.75) is 13.3 Å². The Morgan fingerprint density at radius 2 is 2.56 bits per heavy atom. The summed E-state index contributed by atoms with van der Waals surface area (Å²) in [7, 11) is 1.66. The van der Waals surface area contributed by atoms with E-state index in [4.69, 9.17) is 4.74 Å². The van der Waals surface area contributed by atoms with Gasteiger partial charge in [0.05, 0.1) is 7.11 Å². The van der Waals surface area contributed by atoms with Crippen LogP contribution in [0.15, 0.2) is 17.3 Å². The van der Waals surface area contributed by atoms with Crippen LogP contribution in [-0.2, 0) is 4.74 Å². The zero-order valence-electron chi connectivity index (χ0n) is 5.79. The summed E-state index contributed by atoms with van der Waals surface area (Å²) < 4.78 is 5.00. The van der Waals surface area contributed by atoms with Crippen molar-refractivity contribution in [1.29, 1.82) is 0 Å². The topological polar surface area (TPSA) is 21.6 Å². The van der Waals surface area contributed by atoms with Gasteiger partial charge in [0.25, 0.3) is 0 Å². The zero-order chi connectivity index (χ0) is 6.69. The lowest BCUT2D eigenvalue weighted by Crippen LogP contribution is -2.13. The molecular weight excluding hydrogens is 114 g/mol. The quantitative estimate of drug-likeness (QED) is 0.481. The van der Waals surface area contributed by atoms with Gasteiger partial charge in [-0.05, 0) is 6.42 Å². The van der Waals surface area contributed by atoms with Crippen LogP contribution in [0.5, 0.6) is 0 Å². The fourth-order valence-electron chi connectivity index (χ4n) is 0.873. The second-order valence-corrected chi connectivity index (χ2v) is 2.19. The van der Waals surface area contributed by atoms with E-state index in [2.05, 4.69) is 11.9 Å². The van der Waals surface area contributed by atoms with Crippen molar-refractivity contribution in [3.8, 4) is 0 Å². The second-order valence-electron chi connectivity index (χ2n) is 2.19. The Morgan fingerprint density at radius 1 is 1.78 bits per heavy atom. The molecule has 1 rings (SSSR count). The van der Waals surface area contributed by atoms with Gasteiger partial charge < -0.3 is 4.74 Å². The van der Waals surface area contributed by atoms with Crippen LogP contribution in [0.4, 0.5) is 0 Å². The fraction of sp³-hybridized carbons (Fsp3) is 0.571. The minimum atomic E-state index is 0.458. The monoisotopic (exact) mass is 125 g/mol. The molecule has 50 valence electrons. The van der Waals surface area contributed by atoms with E-state index in [1.807, 2.05) is 6.08 Å². The molecule has 1 aliphatic heterocycles. The highest BCUT2D eigenvalue weighted by atomic mass is 16.5. The number of aliphatic imine (C=N–C) groups is 1. The van der Waals surface area contributed by atoms with E-state index in [9.17, 15) is 0 Å². The third-order valence-corrected chi connectivity index (χ3v) is 1.43. The Hall–Kier alpha value is -0.790. The third-order valence-electron chi connectivity index (χ3n) is 1.43. The first-order valence-corrected chi connectivity index (χ1v) is 3.11. The van der Waals surface area contributed by atoms with Gasteiger partial charge in [0.2, 0.25) is 0 Å². The molecule has 0 fully saturated rings. The highest BCUT2D eigenvalue weighted by molar-refractivity contribution is 5.79. The molecule has 0 aromatic heterocycles. The molecule has 0 radical (unpaired) electrons. The van der Waals surface area contributed by atoms with Crippen molar-refractivity contribution in [1.82, 2.24) is 0 Å². The highest BCUT2D eigenvalue weighted by Crippen LogP contribution is 2.10. The third kappa shape index (κ3) is 1.31. The number of hydrogen-bond acceptors (Lipinski definition) is 2. The maximum absolute atomic E-state index is 5.00. The average molecular weight is 125 g/mol. The summed E-state index contributed by atoms with van der Waals surface area (Å²) in [4.78, 5) is 4.04. The molecule has 0 amide bonds. The number of hydrogen-bond donors (Lipinski definition) is 0. The maximum Gasteiger partial charge on any atom is 0.190 e. The molecule has 0 aromatic rings. The standard InChI is InChI=1S/C7H11NO/c1-6-4-3-5-8-7(6)9-2/h3,5-6H,4H2,1-2H3. The molecule has 0 spiro atoms. The first kappa shape index (κ1) is 6.33. The summed E-state index contributed by atoms with van der Waals surface area (Å²) in [5.74, 6) is 1.30. The summed E-state index contributed by atoms with van der Waals surface area (Å²) in [5, 5.41) is 0. The zero-order valence-corrected chi connectivity index (χ0v) is 5.79. The summed E-state index contributed by atoms with van der Waals surface area (Å²) in [6, 6.07) is 0. The van der Waals surface area contributed by atoms with E-state index in [0.29, 0.717) is 5.92 Å². The van der Waals surface area contributed by atoms with Crippen LogP contribution < -0.4 is 0 Å². The van der Waals surface area contributed by atoms with E-state index in [-0.39, 0.29) is 0 Å². The summed E-state index contributed by atoms with van der Waals surface area (Å²) in [6.07, 6.45) is 4.89. The Kier molecular flexibility index (Phi) is 1.88. The predicted octanol–water partition coefficient (Wildman–Crippen LogP) is 1.58. The average Bonchev–Trinajstić information content (AvgIpc) is 1.89. The van der Waals surface area contributed by atoms with Crippen LogP contribution in [0.3, 0.4) is 0 Å². The molecule has 1 unspecified atom stereocenters.